The number of unbranched alkanes of at least 4 members (excludes halogenated alkanes) is 2. The first-order chi connectivity index (χ1) is 24.1. The van der Waals surface area contributed by atoms with Gasteiger partial charge in [-0.1, -0.05) is 56.2 Å². The van der Waals surface area contributed by atoms with Crippen LogP contribution in [-0.4, -0.2) is 61.7 Å². The number of rotatable bonds is 14. The van der Waals surface area contributed by atoms with E-state index in [1.54, 1.807) is 43.3 Å². The van der Waals surface area contributed by atoms with Crippen molar-refractivity contribution in [1.82, 2.24) is 4.90 Å². The van der Waals surface area contributed by atoms with Crippen LogP contribution in [0.25, 0.3) is 0 Å². The lowest BCUT2D eigenvalue weighted by atomic mass is 9.70. The zero-order chi connectivity index (χ0) is 37.6. The molecule has 2 amide bonds. The minimum absolute atomic E-state index is 0.00222. The van der Waals surface area contributed by atoms with E-state index in [9.17, 15) is 35.9 Å². The minimum Gasteiger partial charge on any atom is -0.493 e. The maximum atomic E-state index is 13.8. The van der Waals surface area contributed by atoms with Crippen LogP contribution < -0.4 is 4.74 Å². The van der Waals surface area contributed by atoms with Gasteiger partial charge in [0.2, 0.25) is 0 Å². The number of imide groups is 1. The highest BCUT2D eigenvalue weighted by atomic mass is 19.4. The van der Waals surface area contributed by atoms with E-state index in [1.807, 2.05) is 39.0 Å². The average molecular weight is 718 g/mol. The predicted molar refractivity (Wildman–Crippen MR) is 180 cm³/mol. The van der Waals surface area contributed by atoms with Gasteiger partial charge in [-0.05, 0) is 98.4 Å². The van der Waals surface area contributed by atoms with Gasteiger partial charge in [0.25, 0.3) is 11.8 Å². The summed E-state index contributed by atoms with van der Waals surface area (Å²) in [6, 6.07) is 17.6. The van der Waals surface area contributed by atoms with E-state index in [0.717, 1.165) is 36.6 Å². The van der Waals surface area contributed by atoms with E-state index in [4.69, 9.17) is 4.74 Å². The second-order valence-electron chi connectivity index (χ2n) is 12.5. The Balaban J connectivity index is 1.44. The summed E-state index contributed by atoms with van der Waals surface area (Å²) in [5, 5.41) is 0. The number of hydrogen-bond acceptors (Lipinski definition) is 5. The summed E-state index contributed by atoms with van der Waals surface area (Å²) in [6.07, 6.45) is -8.29. The van der Waals surface area contributed by atoms with Gasteiger partial charge >= 0.3 is 18.0 Å². The maximum Gasteiger partial charge on any atom is 0.438 e. The zero-order valence-electron chi connectivity index (χ0n) is 29.2. The minimum atomic E-state index is -5.87. The lowest BCUT2D eigenvalue weighted by Gasteiger charge is -2.34. The summed E-state index contributed by atoms with van der Waals surface area (Å²) in [7, 11) is 0.915. The number of carbonyl (C=O) groups is 2. The van der Waals surface area contributed by atoms with Crippen LogP contribution in [0.3, 0.4) is 0 Å². The fourth-order valence-corrected chi connectivity index (χ4v) is 6.42. The molecule has 4 rings (SSSR count). The number of ether oxygens (including phenoxy) is 3. The molecule has 0 aliphatic carbocycles. The van der Waals surface area contributed by atoms with Gasteiger partial charge in [-0.15, -0.1) is 0 Å². The molecular weight excluding hydrogens is 676 g/mol. The van der Waals surface area contributed by atoms with Gasteiger partial charge in [-0.3, -0.25) is 14.5 Å². The van der Waals surface area contributed by atoms with Gasteiger partial charge < -0.3 is 14.2 Å². The van der Waals surface area contributed by atoms with Crippen molar-refractivity contribution in [1.29, 1.82) is 0 Å². The van der Waals surface area contributed by atoms with Crippen LogP contribution in [0, 0.1) is 25.7 Å². The molecule has 0 unspecified atom stereocenters. The Bertz CT molecular complexity index is 1740. The number of alkyl halides is 6. The van der Waals surface area contributed by atoms with E-state index < -0.39 is 30.2 Å². The number of benzene rings is 3. The Morgan fingerprint density at radius 2 is 1.31 bits per heavy atom. The molecular formula is C39H41F6NO5. The average Bonchev–Trinajstić information content (AvgIpc) is 3.32. The second kappa shape index (κ2) is 15.9. The molecule has 0 saturated heterocycles. The van der Waals surface area contributed by atoms with Crippen molar-refractivity contribution in [3.63, 3.8) is 0 Å². The fourth-order valence-electron chi connectivity index (χ4n) is 6.42. The molecule has 51 heavy (non-hydrogen) atoms. The van der Waals surface area contributed by atoms with E-state index in [1.165, 1.54) is 16.9 Å². The Morgan fingerprint density at radius 1 is 0.745 bits per heavy atom. The summed E-state index contributed by atoms with van der Waals surface area (Å²) in [5.74, 6) is 3.60. The molecule has 0 spiro atoms. The number of halogens is 6. The van der Waals surface area contributed by atoms with E-state index in [0.29, 0.717) is 54.9 Å². The molecule has 0 atom stereocenters. The monoisotopic (exact) mass is 717 g/mol. The highest BCUT2D eigenvalue weighted by Gasteiger charge is 2.72. The van der Waals surface area contributed by atoms with Crippen LogP contribution in [0.1, 0.15) is 94.5 Å². The van der Waals surface area contributed by atoms with Gasteiger partial charge in [0.05, 0.1) is 17.7 Å². The lowest BCUT2D eigenvalue weighted by Crippen LogP contribution is -2.58. The third-order valence-corrected chi connectivity index (χ3v) is 9.44. The number of methoxy groups -OCH3 is 1. The topological polar surface area (TPSA) is 65.1 Å². The van der Waals surface area contributed by atoms with E-state index in [-0.39, 0.29) is 17.4 Å². The SMILES string of the molecule is CCC(CC)(c1ccc(C#CC(OCOC)(C(F)(F)F)C(F)(F)F)c(C)c1)c1ccc(OCCCCCN2C(=O)c3ccccc3C2=O)c(C)c1. The van der Waals surface area contributed by atoms with Crippen molar-refractivity contribution in [3.8, 4) is 17.6 Å². The summed E-state index contributed by atoms with van der Waals surface area (Å²) in [6.45, 7) is 7.08. The Morgan fingerprint density at radius 3 is 1.82 bits per heavy atom. The number of amides is 2. The van der Waals surface area contributed by atoms with Crippen molar-refractivity contribution in [2.45, 2.75) is 83.2 Å². The molecule has 0 fully saturated rings. The van der Waals surface area contributed by atoms with Crippen LogP contribution in [0.15, 0.2) is 60.7 Å². The van der Waals surface area contributed by atoms with E-state index >= 15 is 0 Å². The molecule has 0 saturated carbocycles. The molecule has 3 aromatic rings. The first kappa shape index (κ1) is 39.4. The summed E-state index contributed by atoms with van der Waals surface area (Å²) in [4.78, 5) is 26.4. The maximum absolute atomic E-state index is 13.8. The number of aryl methyl sites for hydroxylation is 2. The second-order valence-corrected chi connectivity index (χ2v) is 12.5. The largest absolute Gasteiger partial charge is 0.493 e. The summed E-state index contributed by atoms with van der Waals surface area (Å²) in [5.41, 5.74) is -1.21. The van der Waals surface area contributed by atoms with Crippen LogP contribution in [-0.2, 0) is 14.9 Å². The standard InChI is InChI=1S/C39H41F6NO5/c1-6-36(7-2,29-16-15-28(26(3)23-29)19-20-37(38(40,41)42,39(43,44)45)51-25-49-5)30-17-18-33(27(4)24-30)50-22-12-8-11-21-46-34(47)31-13-9-10-14-32(31)35(46)48/h9-10,13-18,23-24H,6-8,11-12,21-22,25H2,1-5H3. The first-order valence-electron chi connectivity index (χ1n) is 16.7. The van der Waals surface area contributed by atoms with Crippen molar-refractivity contribution >= 4 is 11.8 Å². The number of fused-ring (bicyclic) bond motifs is 1. The normalized spacial score (nSPS) is 13.7. The van der Waals surface area contributed by atoms with Gasteiger partial charge in [0.15, 0.2) is 0 Å². The van der Waals surface area contributed by atoms with Crippen molar-refractivity contribution < 1.29 is 50.1 Å². The molecule has 0 N–H and O–H groups in total. The molecule has 0 bridgehead atoms. The van der Waals surface area contributed by atoms with Crippen LogP contribution in [0.5, 0.6) is 5.75 Å². The molecule has 274 valence electrons. The third kappa shape index (κ3) is 7.95. The molecule has 12 heteroatoms. The predicted octanol–water partition coefficient (Wildman–Crippen LogP) is 9.09. The van der Waals surface area contributed by atoms with Gasteiger partial charge in [-0.25, -0.2) is 0 Å². The molecule has 6 nitrogen and oxygen atoms in total. The van der Waals surface area contributed by atoms with Gasteiger partial charge in [0.1, 0.15) is 12.5 Å². The fraction of sp³-hybridized carbons (Fsp3) is 0.436. The van der Waals surface area contributed by atoms with Crippen molar-refractivity contribution in [2.75, 3.05) is 27.1 Å². The molecule has 1 aliphatic heterocycles. The summed E-state index contributed by atoms with van der Waals surface area (Å²) >= 11 is 0. The van der Waals surface area contributed by atoms with Crippen LogP contribution in [0.2, 0.25) is 0 Å². The smallest absolute Gasteiger partial charge is 0.438 e. The number of nitrogens with zero attached hydrogens (tertiary/aromatic N) is 1. The molecule has 0 aromatic heterocycles. The number of carbonyl (C=O) groups excluding carboxylic acids is 2. The highest BCUT2D eigenvalue weighted by Crippen LogP contribution is 2.46. The van der Waals surface area contributed by atoms with Crippen molar-refractivity contribution in [2.24, 2.45) is 0 Å². The Kier molecular flexibility index (Phi) is 12.3. The van der Waals surface area contributed by atoms with Crippen LogP contribution >= 0.6 is 0 Å². The molecule has 0 radical (unpaired) electrons. The van der Waals surface area contributed by atoms with Gasteiger partial charge in [0, 0.05) is 24.6 Å². The quantitative estimate of drug-likeness (QED) is 0.0548. The molecule has 1 aliphatic rings. The Labute approximate surface area is 294 Å². The molecule has 3 aromatic carbocycles. The third-order valence-electron chi connectivity index (χ3n) is 9.44. The van der Waals surface area contributed by atoms with Gasteiger partial charge in [-0.2, -0.15) is 26.3 Å². The summed E-state index contributed by atoms with van der Waals surface area (Å²) < 4.78 is 97.1. The highest BCUT2D eigenvalue weighted by molar-refractivity contribution is 6.21. The Hall–Kier alpha value is -4.34. The lowest BCUT2D eigenvalue weighted by molar-refractivity contribution is -0.368. The van der Waals surface area contributed by atoms with Crippen LogP contribution in [0.4, 0.5) is 26.3 Å². The first-order valence-corrected chi connectivity index (χ1v) is 16.7. The molecule has 1 heterocycles. The zero-order valence-corrected chi connectivity index (χ0v) is 29.2. The van der Waals surface area contributed by atoms with E-state index in [2.05, 4.69) is 15.4 Å². The van der Waals surface area contributed by atoms with Crippen molar-refractivity contribution in [3.05, 3.63) is 99.6 Å². The number of hydrogen-bond donors (Lipinski definition) is 0.